The van der Waals surface area contributed by atoms with E-state index in [0.717, 1.165) is 12.1 Å². The third kappa shape index (κ3) is 1.96. The van der Waals surface area contributed by atoms with Crippen LogP contribution in [0.2, 0.25) is 0 Å². The second-order valence-electron chi connectivity index (χ2n) is 2.97. The molecule has 16 heavy (non-hydrogen) atoms. The number of hydrogen-bond donors (Lipinski definition) is 1. The average molecular weight is 246 g/mol. The SMILES string of the molecule is FC(F)(F)c1cccc(-n2[nH]nnc2=S)c1. The van der Waals surface area contributed by atoms with Crippen LogP contribution in [0, 0.1) is 4.77 Å². The first-order valence-electron chi connectivity index (χ1n) is 4.16. The first-order valence-corrected chi connectivity index (χ1v) is 4.57. The number of halogens is 3. The maximum Gasteiger partial charge on any atom is 0.416 e. The summed E-state index contributed by atoms with van der Waals surface area (Å²) in [5.74, 6) is 0. The van der Waals surface area contributed by atoms with Gasteiger partial charge in [0.2, 0.25) is 4.77 Å². The molecule has 0 amide bonds. The lowest BCUT2D eigenvalue weighted by Crippen LogP contribution is -2.06. The van der Waals surface area contributed by atoms with Crippen molar-refractivity contribution in [1.82, 2.24) is 20.2 Å². The van der Waals surface area contributed by atoms with Gasteiger partial charge in [0.15, 0.2) is 0 Å². The van der Waals surface area contributed by atoms with Gasteiger partial charge in [-0.2, -0.15) is 18.4 Å². The minimum absolute atomic E-state index is 0.0688. The molecule has 2 rings (SSSR count). The molecule has 0 fully saturated rings. The molecule has 0 bridgehead atoms. The highest BCUT2D eigenvalue weighted by Crippen LogP contribution is 2.30. The number of hydrogen-bond acceptors (Lipinski definition) is 3. The van der Waals surface area contributed by atoms with E-state index in [1.54, 1.807) is 0 Å². The predicted molar refractivity (Wildman–Crippen MR) is 51.5 cm³/mol. The van der Waals surface area contributed by atoms with E-state index in [9.17, 15) is 13.2 Å². The minimum Gasteiger partial charge on any atom is -0.210 e. The molecule has 84 valence electrons. The fourth-order valence-corrected chi connectivity index (χ4v) is 1.37. The van der Waals surface area contributed by atoms with Crippen molar-refractivity contribution >= 4 is 12.2 Å². The molecule has 0 saturated heterocycles. The van der Waals surface area contributed by atoms with Crippen LogP contribution in [-0.2, 0) is 6.18 Å². The van der Waals surface area contributed by atoms with Crippen LogP contribution in [0.3, 0.4) is 0 Å². The molecule has 0 spiro atoms. The third-order valence-corrected chi connectivity index (χ3v) is 2.17. The molecule has 0 unspecified atom stereocenters. The van der Waals surface area contributed by atoms with E-state index in [-0.39, 0.29) is 10.5 Å². The molecule has 0 atom stereocenters. The van der Waals surface area contributed by atoms with Crippen molar-refractivity contribution in [2.45, 2.75) is 6.18 Å². The molecule has 1 heterocycles. The zero-order chi connectivity index (χ0) is 11.8. The van der Waals surface area contributed by atoms with Crippen molar-refractivity contribution in [3.05, 3.63) is 34.6 Å². The van der Waals surface area contributed by atoms with Gasteiger partial charge in [0.25, 0.3) is 0 Å². The lowest BCUT2D eigenvalue weighted by atomic mass is 10.2. The third-order valence-electron chi connectivity index (χ3n) is 1.90. The number of rotatable bonds is 1. The zero-order valence-electron chi connectivity index (χ0n) is 7.69. The second-order valence-corrected chi connectivity index (χ2v) is 3.33. The summed E-state index contributed by atoms with van der Waals surface area (Å²) >= 11 is 4.78. The van der Waals surface area contributed by atoms with Gasteiger partial charge in [0.05, 0.1) is 11.3 Å². The lowest BCUT2D eigenvalue weighted by Gasteiger charge is -2.08. The smallest absolute Gasteiger partial charge is 0.210 e. The summed E-state index contributed by atoms with van der Waals surface area (Å²) in [6.07, 6.45) is -4.38. The molecule has 0 aliphatic carbocycles. The Labute approximate surface area is 92.7 Å². The number of nitrogens with zero attached hydrogens (tertiary/aromatic N) is 3. The van der Waals surface area contributed by atoms with Gasteiger partial charge in [-0.05, 0) is 30.4 Å². The fourth-order valence-electron chi connectivity index (χ4n) is 1.19. The standard InChI is InChI=1S/C8H5F3N4S/c9-8(10,11)5-2-1-3-6(4-5)15-7(16)12-13-14-15/h1-4H,(H,12,14,16). The van der Waals surface area contributed by atoms with Crippen molar-refractivity contribution < 1.29 is 13.2 Å². The number of alkyl halides is 3. The molecule has 0 aliphatic heterocycles. The van der Waals surface area contributed by atoms with Crippen molar-refractivity contribution in [3.63, 3.8) is 0 Å². The fraction of sp³-hybridized carbons (Fsp3) is 0.125. The summed E-state index contributed by atoms with van der Waals surface area (Å²) in [6, 6.07) is 4.72. The Balaban J connectivity index is 2.53. The van der Waals surface area contributed by atoms with Gasteiger partial charge in [-0.1, -0.05) is 16.4 Å². The molecular weight excluding hydrogens is 241 g/mol. The highest BCUT2D eigenvalue weighted by atomic mass is 32.1. The van der Waals surface area contributed by atoms with E-state index >= 15 is 0 Å². The van der Waals surface area contributed by atoms with Crippen LogP contribution in [0.4, 0.5) is 13.2 Å². The summed E-state index contributed by atoms with van der Waals surface area (Å²) in [4.78, 5) is 0. The number of aromatic amines is 1. The van der Waals surface area contributed by atoms with Gasteiger partial charge in [0, 0.05) is 0 Å². The van der Waals surface area contributed by atoms with Crippen molar-refractivity contribution in [1.29, 1.82) is 0 Å². The lowest BCUT2D eigenvalue weighted by molar-refractivity contribution is -0.137. The number of nitrogens with one attached hydrogen (secondary N) is 1. The highest BCUT2D eigenvalue weighted by Gasteiger charge is 2.30. The van der Waals surface area contributed by atoms with Crippen molar-refractivity contribution in [2.24, 2.45) is 0 Å². The van der Waals surface area contributed by atoms with Gasteiger partial charge >= 0.3 is 6.18 Å². The van der Waals surface area contributed by atoms with Crippen LogP contribution in [0.5, 0.6) is 0 Å². The van der Waals surface area contributed by atoms with Gasteiger partial charge in [-0.3, -0.25) is 0 Å². The maximum absolute atomic E-state index is 12.4. The predicted octanol–water partition coefficient (Wildman–Crippen LogP) is 2.34. The number of aromatic nitrogens is 4. The Kier molecular flexibility index (Phi) is 2.50. The zero-order valence-corrected chi connectivity index (χ0v) is 8.51. The Hall–Kier alpha value is -1.70. The van der Waals surface area contributed by atoms with Crippen LogP contribution in [0.25, 0.3) is 5.69 Å². The second kappa shape index (κ2) is 3.71. The van der Waals surface area contributed by atoms with Crippen LogP contribution < -0.4 is 0 Å². The summed E-state index contributed by atoms with van der Waals surface area (Å²) in [5.41, 5.74) is -0.508. The molecule has 0 radical (unpaired) electrons. The molecule has 0 saturated carbocycles. The minimum atomic E-state index is -4.38. The Morgan fingerprint density at radius 1 is 1.31 bits per heavy atom. The van der Waals surface area contributed by atoms with Gasteiger partial charge in [0.1, 0.15) is 0 Å². The van der Waals surface area contributed by atoms with E-state index in [1.807, 2.05) is 0 Å². The van der Waals surface area contributed by atoms with E-state index in [1.165, 1.54) is 16.8 Å². The van der Waals surface area contributed by atoms with Crippen LogP contribution >= 0.6 is 12.2 Å². The van der Waals surface area contributed by atoms with Crippen molar-refractivity contribution in [3.8, 4) is 5.69 Å². The molecule has 1 N–H and O–H groups in total. The molecule has 4 nitrogen and oxygen atoms in total. The number of tetrazole rings is 1. The monoisotopic (exact) mass is 246 g/mol. The van der Waals surface area contributed by atoms with Crippen LogP contribution in [0.1, 0.15) is 5.56 Å². The Morgan fingerprint density at radius 3 is 2.62 bits per heavy atom. The maximum atomic E-state index is 12.4. The first kappa shape index (κ1) is 10.8. The van der Waals surface area contributed by atoms with E-state index in [4.69, 9.17) is 12.2 Å². The highest BCUT2D eigenvalue weighted by molar-refractivity contribution is 7.71. The molecule has 1 aromatic carbocycles. The summed E-state index contributed by atoms with van der Waals surface area (Å²) < 4.78 is 38.6. The van der Waals surface area contributed by atoms with E-state index < -0.39 is 11.7 Å². The molecule has 8 heteroatoms. The quantitative estimate of drug-likeness (QED) is 0.785. The molecule has 0 aliphatic rings. The van der Waals surface area contributed by atoms with Gasteiger partial charge < -0.3 is 0 Å². The summed E-state index contributed by atoms with van der Waals surface area (Å²) in [6.45, 7) is 0. The van der Waals surface area contributed by atoms with Gasteiger partial charge in [-0.25, -0.2) is 4.68 Å². The number of H-pyrrole nitrogens is 1. The normalized spacial score (nSPS) is 11.7. The Morgan fingerprint density at radius 2 is 2.06 bits per heavy atom. The average Bonchev–Trinajstić information content (AvgIpc) is 2.63. The number of benzene rings is 1. The van der Waals surface area contributed by atoms with E-state index in [0.29, 0.717) is 0 Å². The topological polar surface area (TPSA) is 46.5 Å². The van der Waals surface area contributed by atoms with Crippen LogP contribution in [-0.4, -0.2) is 20.2 Å². The summed E-state index contributed by atoms with van der Waals surface area (Å²) in [7, 11) is 0. The molecular formula is C8H5F3N4S. The molecule has 2 aromatic rings. The molecule has 1 aromatic heterocycles. The van der Waals surface area contributed by atoms with Crippen LogP contribution in [0.15, 0.2) is 24.3 Å². The van der Waals surface area contributed by atoms with E-state index in [2.05, 4.69) is 15.5 Å². The van der Waals surface area contributed by atoms with Crippen molar-refractivity contribution in [2.75, 3.05) is 0 Å². The Bertz CT molecular complexity index is 557. The summed E-state index contributed by atoms with van der Waals surface area (Å²) in [5, 5.41) is 9.25. The first-order chi connectivity index (χ1) is 7.48. The van der Waals surface area contributed by atoms with Gasteiger partial charge in [-0.15, -0.1) is 0 Å². The largest absolute Gasteiger partial charge is 0.416 e.